The van der Waals surface area contributed by atoms with E-state index < -0.39 is 26.4 Å². The molecule has 2 aromatic rings. The molecular formula is C23H30N4O5S. The summed E-state index contributed by atoms with van der Waals surface area (Å²) in [6.07, 6.45) is 1.67. The molecule has 0 spiro atoms. The minimum atomic E-state index is -3.69. The van der Waals surface area contributed by atoms with E-state index in [-0.39, 0.29) is 16.5 Å². The number of benzene rings is 2. The third-order valence-electron chi connectivity index (χ3n) is 5.79. The molecule has 1 saturated heterocycles. The number of carbonyl (C=O) groups is 1. The summed E-state index contributed by atoms with van der Waals surface area (Å²) >= 11 is 0. The van der Waals surface area contributed by atoms with Gasteiger partial charge in [0.15, 0.2) is 9.84 Å². The van der Waals surface area contributed by atoms with Gasteiger partial charge in [0.25, 0.3) is 11.6 Å². The molecule has 1 amide bonds. The topological polar surface area (TPSA) is 113 Å². The number of hydrogen-bond acceptors (Lipinski definition) is 7. The number of amides is 1. The Morgan fingerprint density at radius 1 is 1.15 bits per heavy atom. The maximum atomic E-state index is 12.6. The van der Waals surface area contributed by atoms with Gasteiger partial charge < -0.3 is 10.2 Å². The first-order chi connectivity index (χ1) is 15.5. The first-order valence-electron chi connectivity index (χ1n) is 10.9. The van der Waals surface area contributed by atoms with Crippen molar-refractivity contribution >= 4 is 27.1 Å². The van der Waals surface area contributed by atoms with E-state index in [9.17, 15) is 23.3 Å². The van der Waals surface area contributed by atoms with E-state index in [1.807, 2.05) is 6.92 Å². The first-order valence-corrected chi connectivity index (χ1v) is 12.8. The average molecular weight is 475 g/mol. The van der Waals surface area contributed by atoms with Crippen LogP contribution in [-0.2, 0) is 9.84 Å². The normalized spacial score (nSPS) is 15.8. The predicted octanol–water partition coefficient (Wildman–Crippen LogP) is 2.64. The fourth-order valence-electron chi connectivity index (χ4n) is 3.84. The van der Waals surface area contributed by atoms with E-state index in [0.717, 1.165) is 51.1 Å². The zero-order valence-corrected chi connectivity index (χ0v) is 20.0. The quantitative estimate of drug-likeness (QED) is 0.462. The van der Waals surface area contributed by atoms with Gasteiger partial charge in [-0.1, -0.05) is 12.1 Å². The van der Waals surface area contributed by atoms with Crippen molar-refractivity contribution in [1.82, 2.24) is 10.2 Å². The molecule has 0 radical (unpaired) electrons. The predicted molar refractivity (Wildman–Crippen MR) is 128 cm³/mol. The Balaban J connectivity index is 1.53. The molecule has 0 aliphatic carbocycles. The SMILES string of the molecule is Cc1cccc(N2CCN(CCC(C)NC(=O)c3cc([N+](=O)[O-])cc(S(C)(=O)=O)c3)CC2)c1. The number of non-ortho nitro benzene ring substituents is 1. The van der Waals surface area contributed by atoms with Gasteiger partial charge in [-0.25, -0.2) is 8.42 Å². The minimum Gasteiger partial charge on any atom is -0.369 e. The lowest BCUT2D eigenvalue weighted by molar-refractivity contribution is -0.385. The highest BCUT2D eigenvalue weighted by molar-refractivity contribution is 7.90. The highest BCUT2D eigenvalue weighted by Crippen LogP contribution is 2.21. The molecule has 1 N–H and O–H groups in total. The van der Waals surface area contributed by atoms with Crippen molar-refractivity contribution in [3.63, 3.8) is 0 Å². The van der Waals surface area contributed by atoms with Gasteiger partial charge in [0, 0.05) is 68.4 Å². The van der Waals surface area contributed by atoms with E-state index in [2.05, 4.69) is 46.3 Å². The number of nitro benzene ring substituents is 1. The zero-order valence-electron chi connectivity index (χ0n) is 19.2. The second-order valence-corrected chi connectivity index (χ2v) is 10.6. The van der Waals surface area contributed by atoms with E-state index in [1.165, 1.54) is 17.3 Å². The van der Waals surface area contributed by atoms with Gasteiger partial charge in [-0.15, -0.1) is 0 Å². The third kappa shape index (κ3) is 6.75. The highest BCUT2D eigenvalue weighted by atomic mass is 32.2. The molecule has 178 valence electrons. The number of nitrogens with zero attached hydrogens (tertiary/aromatic N) is 3. The summed E-state index contributed by atoms with van der Waals surface area (Å²) in [6, 6.07) is 11.5. The number of hydrogen-bond donors (Lipinski definition) is 1. The molecule has 1 aliphatic rings. The standard InChI is InChI=1S/C23H30N4O5S/c1-17-5-4-6-20(13-17)26-11-9-25(10-12-26)8-7-18(2)24-23(28)19-14-21(27(29)30)16-22(15-19)33(3,31)32/h4-6,13-16,18H,7-12H2,1-3H3,(H,24,28). The van der Waals surface area contributed by atoms with E-state index >= 15 is 0 Å². The van der Waals surface area contributed by atoms with Gasteiger partial charge in [-0.05, 0) is 44.0 Å². The summed E-state index contributed by atoms with van der Waals surface area (Å²) < 4.78 is 23.7. The number of aryl methyl sites for hydroxylation is 1. The summed E-state index contributed by atoms with van der Waals surface area (Å²) in [6.45, 7) is 8.50. The third-order valence-corrected chi connectivity index (χ3v) is 6.88. The molecule has 10 heteroatoms. The van der Waals surface area contributed by atoms with Gasteiger partial charge in [0.1, 0.15) is 0 Å². The van der Waals surface area contributed by atoms with E-state index in [1.54, 1.807) is 0 Å². The average Bonchev–Trinajstić information content (AvgIpc) is 2.77. The van der Waals surface area contributed by atoms with Crippen LogP contribution in [0.5, 0.6) is 0 Å². The maximum Gasteiger partial charge on any atom is 0.271 e. The Hall–Kier alpha value is -2.98. The van der Waals surface area contributed by atoms with Crippen molar-refractivity contribution in [3.8, 4) is 0 Å². The van der Waals surface area contributed by atoms with Gasteiger partial charge in [0.2, 0.25) is 0 Å². The molecule has 3 rings (SSSR count). The molecule has 1 atom stereocenters. The molecule has 2 aromatic carbocycles. The zero-order chi connectivity index (χ0) is 24.2. The molecule has 0 saturated carbocycles. The molecule has 0 aromatic heterocycles. The van der Waals surface area contributed by atoms with Gasteiger partial charge in [-0.3, -0.25) is 19.8 Å². The molecule has 0 bridgehead atoms. The fraction of sp³-hybridized carbons (Fsp3) is 0.435. The lowest BCUT2D eigenvalue weighted by atomic mass is 10.1. The van der Waals surface area contributed by atoms with Crippen LogP contribution in [0.25, 0.3) is 0 Å². The van der Waals surface area contributed by atoms with Crippen molar-refractivity contribution in [3.05, 3.63) is 63.7 Å². The molecule has 1 aliphatic heterocycles. The van der Waals surface area contributed by atoms with Crippen LogP contribution in [0, 0.1) is 17.0 Å². The summed E-state index contributed by atoms with van der Waals surface area (Å²) in [7, 11) is -3.69. The Labute approximate surface area is 194 Å². The van der Waals surface area contributed by atoms with Crippen molar-refractivity contribution in [1.29, 1.82) is 0 Å². The monoisotopic (exact) mass is 474 g/mol. The molecule has 9 nitrogen and oxygen atoms in total. The molecule has 1 fully saturated rings. The second kappa shape index (κ2) is 10.3. The van der Waals surface area contributed by atoms with E-state index in [0.29, 0.717) is 6.42 Å². The molecule has 1 heterocycles. The van der Waals surface area contributed by atoms with Crippen molar-refractivity contribution in [2.75, 3.05) is 43.9 Å². The number of nitrogens with one attached hydrogen (secondary N) is 1. The van der Waals surface area contributed by atoms with Crippen LogP contribution in [0.3, 0.4) is 0 Å². The summed E-state index contributed by atoms with van der Waals surface area (Å²) in [5.41, 5.74) is 2.01. The van der Waals surface area contributed by atoms with Crippen molar-refractivity contribution < 1.29 is 18.1 Å². The Morgan fingerprint density at radius 3 is 2.45 bits per heavy atom. The largest absolute Gasteiger partial charge is 0.369 e. The van der Waals surface area contributed by atoms with Crippen LogP contribution in [-0.4, -0.2) is 69.2 Å². The molecule has 1 unspecified atom stereocenters. The van der Waals surface area contributed by atoms with E-state index in [4.69, 9.17) is 0 Å². The lowest BCUT2D eigenvalue weighted by Crippen LogP contribution is -2.47. The minimum absolute atomic E-state index is 0.0387. The number of carbonyl (C=O) groups excluding carboxylic acids is 1. The number of piperazine rings is 1. The smallest absolute Gasteiger partial charge is 0.271 e. The summed E-state index contributed by atoms with van der Waals surface area (Å²) in [5.74, 6) is -0.527. The number of sulfone groups is 1. The van der Waals surface area contributed by atoms with Gasteiger partial charge in [-0.2, -0.15) is 0 Å². The van der Waals surface area contributed by atoms with Gasteiger partial charge in [0.05, 0.1) is 9.82 Å². The maximum absolute atomic E-state index is 12.6. The number of rotatable bonds is 8. The van der Waals surface area contributed by atoms with Crippen molar-refractivity contribution in [2.24, 2.45) is 0 Å². The molecular weight excluding hydrogens is 444 g/mol. The summed E-state index contributed by atoms with van der Waals surface area (Å²) in [5, 5.41) is 14.0. The fourth-order valence-corrected chi connectivity index (χ4v) is 4.52. The van der Waals surface area contributed by atoms with Crippen LogP contribution in [0.15, 0.2) is 47.4 Å². The number of anilines is 1. The van der Waals surface area contributed by atoms with Crippen LogP contribution < -0.4 is 10.2 Å². The Kier molecular flexibility index (Phi) is 7.70. The Bertz CT molecular complexity index is 1130. The van der Waals surface area contributed by atoms with Crippen LogP contribution in [0.1, 0.15) is 29.3 Å². The highest BCUT2D eigenvalue weighted by Gasteiger charge is 2.21. The first kappa shape index (κ1) is 24.7. The second-order valence-electron chi connectivity index (χ2n) is 8.58. The molecule has 33 heavy (non-hydrogen) atoms. The summed E-state index contributed by atoms with van der Waals surface area (Å²) in [4.78, 5) is 27.6. The van der Waals surface area contributed by atoms with Crippen LogP contribution in [0.4, 0.5) is 11.4 Å². The van der Waals surface area contributed by atoms with Crippen LogP contribution in [0.2, 0.25) is 0 Å². The van der Waals surface area contributed by atoms with Gasteiger partial charge >= 0.3 is 0 Å². The number of nitro groups is 1. The Morgan fingerprint density at radius 2 is 1.85 bits per heavy atom. The lowest BCUT2D eigenvalue weighted by Gasteiger charge is -2.36. The van der Waals surface area contributed by atoms with Crippen LogP contribution >= 0.6 is 0 Å². The van der Waals surface area contributed by atoms with Crippen molar-refractivity contribution in [2.45, 2.75) is 31.2 Å².